The highest BCUT2D eigenvalue weighted by Crippen LogP contribution is 2.43. The lowest BCUT2D eigenvalue weighted by Gasteiger charge is -2.24. The first-order valence-corrected chi connectivity index (χ1v) is 14.4. The van der Waals surface area contributed by atoms with Gasteiger partial charge in [-0.25, -0.2) is 4.57 Å². The number of quaternary nitrogens is 1. The molecule has 0 aliphatic carbocycles. The van der Waals surface area contributed by atoms with Crippen LogP contribution in [0.25, 0.3) is 0 Å². The van der Waals surface area contributed by atoms with Crippen molar-refractivity contribution in [3.63, 3.8) is 0 Å². The van der Waals surface area contributed by atoms with E-state index in [-0.39, 0.29) is 26.1 Å². The fourth-order valence-corrected chi connectivity index (χ4v) is 3.79. The highest BCUT2D eigenvalue weighted by atomic mass is 31.2. The smallest absolute Gasteiger partial charge is 0.462 e. The van der Waals surface area contributed by atoms with Crippen molar-refractivity contribution in [3.05, 3.63) is 12.7 Å². The maximum absolute atomic E-state index is 12.3. The van der Waals surface area contributed by atoms with Crippen molar-refractivity contribution in [3.8, 4) is 0 Å². The van der Waals surface area contributed by atoms with Gasteiger partial charge in [0.05, 0.1) is 27.7 Å². The van der Waals surface area contributed by atoms with E-state index in [1.165, 1.54) is 0 Å². The summed E-state index contributed by atoms with van der Waals surface area (Å²) in [4.78, 5) is 34.2. The molecule has 0 heterocycles. The molecule has 0 fully saturated rings. The molecular weight excluding hydrogens is 473 g/mol. The molecule has 0 aliphatic rings. The van der Waals surface area contributed by atoms with Crippen molar-refractivity contribution in [2.45, 2.75) is 90.1 Å². The molecule has 10 heteroatoms. The van der Waals surface area contributed by atoms with Crippen molar-refractivity contribution in [2.24, 2.45) is 0 Å². The van der Waals surface area contributed by atoms with Crippen LogP contribution in [0, 0.1) is 0 Å². The summed E-state index contributed by atoms with van der Waals surface area (Å²) in [5.74, 6) is -0.851. The van der Waals surface area contributed by atoms with E-state index in [1.54, 1.807) is 0 Å². The second-order valence-corrected chi connectivity index (χ2v) is 11.3. The monoisotopic (exact) mass is 522 g/mol. The van der Waals surface area contributed by atoms with Crippen molar-refractivity contribution < 1.29 is 42.1 Å². The van der Waals surface area contributed by atoms with Gasteiger partial charge in [-0.3, -0.25) is 18.6 Å². The van der Waals surface area contributed by atoms with Crippen LogP contribution in [0.1, 0.15) is 84.0 Å². The van der Waals surface area contributed by atoms with Gasteiger partial charge in [-0.1, -0.05) is 51.5 Å². The van der Waals surface area contributed by atoms with Gasteiger partial charge in [0.15, 0.2) is 6.10 Å². The fraction of sp³-hybridized carbons (Fsp3) is 0.840. The van der Waals surface area contributed by atoms with Crippen molar-refractivity contribution in [1.82, 2.24) is 0 Å². The molecule has 2 atom stereocenters. The summed E-state index contributed by atoms with van der Waals surface area (Å²) in [6.45, 7) is 5.69. The van der Waals surface area contributed by atoms with Crippen LogP contribution in [-0.4, -0.2) is 74.9 Å². The van der Waals surface area contributed by atoms with Gasteiger partial charge in [0.2, 0.25) is 0 Å². The van der Waals surface area contributed by atoms with E-state index < -0.39 is 32.5 Å². The average molecular weight is 523 g/mol. The van der Waals surface area contributed by atoms with E-state index >= 15 is 0 Å². The van der Waals surface area contributed by atoms with Crippen molar-refractivity contribution >= 4 is 19.8 Å². The molecule has 0 saturated heterocycles. The van der Waals surface area contributed by atoms with E-state index in [9.17, 15) is 19.0 Å². The minimum absolute atomic E-state index is 0.0290. The molecule has 0 bridgehead atoms. The van der Waals surface area contributed by atoms with Gasteiger partial charge in [-0.05, 0) is 25.7 Å². The number of unbranched alkanes of at least 4 members (excludes halogenated alkanes) is 8. The molecule has 0 amide bonds. The first kappa shape index (κ1) is 33.8. The molecular formula is C25H49NO8P+. The Hall–Kier alpha value is -1.25. The maximum Gasteiger partial charge on any atom is 0.472 e. The van der Waals surface area contributed by atoms with Crippen molar-refractivity contribution in [2.75, 3.05) is 47.5 Å². The second kappa shape index (κ2) is 19.9. The number of phosphoric ester groups is 1. The predicted octanol–water partition coefficient (Wildman–Crippen LogP) is 5.17. The SMILES string of the molecule is C=CCCCCCCCC(=O)O[C@H](COC(=O)CCCCCC)COP(=O)(O)OCC[N+](C)(C)C. The molecule has 0 spiro atoms. The number of hydrogen-bond acceptors (Lipinski definition) is 7. The molecule has 1 unspecified atom stereocenters. The Morgan fingerprint density at radius 1 is 0.914 bits per heavy atom. The quantitative estimate of drug-likeness (QED) is 0.0644. The first-order chi connectivity index (χ1) is 16.5. The summed E-state index contributed by atoms with van der Waals surface area (Å²) in [7, 11) is 1.45. The molecule has 0 aromatic rings. The van der Waals surface area contributed by atoms with Crippen LogP contribution in [0.3, 0.4) is 0 Å². The van der Waals surface area contributed by atoms with Gasteiger partial charge in [-0.2, -0.15) is 0 Å². The number of likely N-dealkylation sites (N-methyl/N-ethyl adjacent to an activating group) is 1. The van der Waals surface area contributed by atoms with E-state index in [1.807, 2.05) is 27.2 Å². The Morgan fingerprint density at radius 3 is 2.14 bits per heavy atom. The number of nitrogens with zero attached hydrogens (tertiary/aromatic N) is 1. The van der Waals surface area contributed by atoms with E-state index in [4.69, 9.17) is 18.5 Å². The summed E-state index contributed by atoms with van der Waals surface area (Å²) >= 11 is 0. The van der Waals surface area contributed by atoms with Crippen LogP contribution in [0.2, 0.25) is 0 Å². The van der Waals surface area contributed by atoms with Crippen molar-refractivity contribution in [1.29, 1.82) is 0 Å². The zero-order valence-electron chi connectivity index (χ0n) is 22.4. The lowest BCUT2D eigenvalue weighted by Crippen LogP contribution is -2.37. The Morgan fingerprint density at radius 2 is 1.51 bits per heavy atom. The van der Waals surface area contributed by atoms with Crippen LogP contribution < -0.4 is 0 Å². The minimum atomic E-state index is -4.34. The van der Waals surface area contributed by atoms with Gasteiger partial charge in [0.25, 0.3) is 0 Å². The third kappa shape index (κ3) is 22.9. The summed E-state index contributed by atoms with van der Waals surface area (Å²) in [5.41, 5.74) is 0. The van der Waals surface area contributed by atoms with Crippen LogP contribution in [0.15, 0.2) is 12.7 Å². The third-order valence-electron chi connectivity index (χ3n) is 5.19. The molecule has 35 heavy (non-hydrogen) atoms. The Kier molecular flexibility index (Phi) is 19.2. The summed E-state index contributed by atoms with van der Waals surface area (Å²) in [6, 6.07) is 0. The second-order valence-electron chi connectivity index (χ2n) is 9.81. The molecule has 0 radical (unpaired) electrons. The molecule has 0 saturated carbocycles. The molecule has 9 nitrogen and oxygen atoms in total. The first-order valence-electron chi connectivity index (χ1n) is 12.9. The molecule has 0 rings (SSSR count). The van der Waals surface area contributed by atoms with Crippen LogP contribution in [0.4, 0.5) is 0 Å². The maximum atomic E-state index is 12.3. The zero-order chi connectivity index (χ0) is 26.6. The number of carbonyl (C=O) groups is 2. The number of hydrogen-bond donors (Lipinski definition) is 1. The zero-order valence-corrected chi connectivity index (χ0v) is 23.3. The van der Waals surface area contributed by atoms with Gasteiger partial charge in [0, 0.05) is 12.8 Å². The number of phosphoric acid groups is 1. The van der Waals surface area contributed by atoms with Gasteiger partial charge < -0.3 is 18.9 Å². The lowest BCUT2D eigenvalue weighted by molar-refractivity contribution is -0.870. The topological polar surface area (TPSA) is 108 Å². The molecule has 206 valence electrons. The normalized spacial score (nSPS) is 14.2. The summed E-state index contributed by atoms with van der Waals surface area (Å²) < 4.78 is 33.4. The molecule has 0 aromatic carbocycles. The predicted molar refractivity (Wildman–Crippen MR) is 137 cm³/mol. The van der Waals surface area contributed by atoms with Gasteiger partial charge >= 0.3 is 19.8 Å². The Balaban J connectivity index is 4.61. The van der Waals surface area contributed by atoms with Gasteiger partial charge in [0.1, 0.15) is 19.8 Å². The Bertz CT molecular complexity index is 635. The highest BCUT2D eigenvalue weighted by Gasteiger charge is 2.27. The third-order valence-corrected chi connectivity index (χ3v) is 6.18. The molecule has 1 N–H and O–H groups in total. The Labute approximate surface area is 212 Å². The molecule has 0 aromatic heterocycles. The number of carbonyl (C=O) groups excluding carboxylic acids is 2. The summed E-state index contributed by atoms with van der Waals surface area (Å²) in [6.07, 6.45) is 11.0. The van der Waals surface area contributed by atoms with E-state index in [0.29, 0.717) is 17.4 Å². The van der Waals surface area contributed by atoms with E-state index in [2.05, 4.69) is 13.5 Å². The fourth-order valence-electron chi connectivity index (χ4n) is 3.05. The lowest BCUT2D eigenvalue weighted by atomic mass is 10.1. The van der Waals surface area contributed by atoms with E-state index in [0.717, 1.165) is 57.8 Å². The van der Waals surface area contributed by atoms with Gasteiger partial charge in [-0.15, -0.1) is 6.58 Å². The van der Waals surface area contributed by atoms with Crippen LogP contribution in [-0.2, 0) is 32.7 Å². The number of rotatable bonds is 23. The number of ether oxygens (including phenoxy) is 2. The van der Waals surface area contributed by atoms with Crippen LogP contribution in [0.5, 0.6) is 0 Å². The standard InChI is InChI=1S/C25H48NO8P/c1-6-8-10-12-13-14-16-18-25(28)34-23(21-31-24(27)17-15-11-9-7-2)22-33-35(29,30)32-20-19-26(3,4)5/h6,23H,1,7-22H2,2-5H3/p+1/t23-/m1/s1. The molecule has 0 aliphatic heterocycles. The number of esters is 2. The average Bonchev–Trinajstić information content (AvgIpc) is 2.77. The largest absolute Gasteiger partial charge is 0.472 e. The minimum Gasteiger partial charge on any atom is -0.462 e. The number of allylic oxidation sites excluding steroid dienone is 1. The van der Waals surface area contributed by atoms with Crippen LogP contribution >= 0.6 is 7.82 Å². The highest BCUT2D eigenvalue weighted by molar-refractivity contribution is 7.47. The summed E-state index contributed by atoms with van der Waals surface area (Å²) in [5, 5.41) is 0.